The number of anilines is 1. The zero-order chi connectivity index (χ0) is 15.0. The number of carbonyl (C=O) groups excluding carboxylic acids is 1. The molecule has 0 aliphatic rings. The van der Waals surface area contributed by atoms with Crippen molar-refractivity contribution in [1.29, 1.82) is 5.26 Å². The van der Waals surface area contributed by atoms with Crippen LogP contribution in [0.4, 0.5) is 5.69 Å². The topological polar surface area (TPSA) is 74.2 Å². The highest BCUT2D eigenvalue weighted by atomic mass is 32.2. The van der Waals surface area contributed by atoms with E-state index >= 15 is 0 Å². The molecular weight excluding hydrogens is 274 g/mol. The van der Waals surface area contributed by atoms with Gasteiger partial charge in [-0.2, -0.15) is 5.26 Å². The minimum atomic E-state index is -0.420. The molecule has 1 unspecified atom stereocenters. The van der Waals surface area contributed by atoms with Gasteiger partial charge in [-0.15, -0.1) is 11.8 Å². The molecule has 0 radical (unpaired) electrons. The molecular formula is C14H19N3O2S. The predicted octanol–water partition coefficient (Wildman–Crippen LogP) is 1.84. The second-order valence-corrected chi connectivity index (χ2v) is 4.99. The maximum atomic E-state index is 11.9. The van der Waals surface area contributed by atoms with Crippen molar-refractivity contribution in [3.63, 3.8) is 0 Å². The summed E-state index contributed by atoms with van der Waals surface area (Å²) in [6.45, 7) is 2.70. The highest BCUT2D eigenvalue weighted by Crippen LogP contribution is 2.26. The molecule has 1 aromatic rings. The maximum Gasteiger partial charge on any atom is 0.242 e. The van der Waals surface area contributed by atoms with Crippen LogP contribution in [0.2, 0.25) is 0 Å². The molecule has 0 heterocycles. The third-order valence-electron chi connectivity index (χ3n) is 2.73. The molecule has 20 heavy (non-hydrogen) atoms. The van der Waals surface area contributed by atoms with Crippen molar-refractivity contribution in [3.05, 3.63) is 23.8 Å². The standard InChI is InChI=1S/C14H19N3O2S/c1-10(14(18)16-7-8-19-2)17-12-5-4-6-13(20-3)11(12)9-15/h4-6,10,17H,7-8H2,1-3H3,(H,16,18). The lowest BCUT2D eigenvalue weighted by molar-refractivity contribution is -0.121. The van der Waals surface area contributed by atoms with E-state index in [1.807, 2.05) is 18.4 Å². The number of nitriles is 1. The van der Waals surface area contributed by atoms with E-state index in [1.54, 1.807) is 20.1 Å². The number of carbonyl (C=O) groups is 1. The summed E-state index contributed by atoms with van der Waals surface area (Å²) in [5, 5.41) is 15.1. The highest BCUT2D eigenvalue weighted by molar-refractivity contribution is 7.98. The first-order valence-electron chi connectivity index (χ1n) is 6.24. The van der Waals surface area contributed by atoms with Gasteiger partial charge in [-0.05, 0) is 25.3 Å². The number of nitrogens with zero attached hydrogens (tertiary/aromatic N) is 1. The summed E-state index contributed by atoms with van der Waals surface area (Å²) in [6.07, 6.45) is 1.92. The van der Waals surface area contributed by atoms with Crippen LogP contribution in [-0.2, 0) is 9.53 Å². The summed E-state index contributed by atoms with van der Waals surface area (Å²) < 4.78 is 4.88. The second kappa shape index (κ2) is 8.46. The molecule has 0 saturated carbocycles. The van der Waals surface area contributed by atoms with Gasteiger partial charge in [0.05, 0.1) is 17.9 Å². The van der Waals surface area contributed by atoms with E-state index in [2.05, 4.69) is 16.7 Å². The summed E-state index contributed by atoms with van der Waals surface area (Å²) in [5.74, 6) is -0.125. The Labute approximate surface area is 123 Å². The average molecular weight is 293 g/mol. The quantitative estimate of drug-likeness (QED) is 0.593. The zero-order valence-corrected chi connectivity index (χ0v) is 12.7. The lowest BCUT2D eigenvalue weighted by Gasteiger charge is -2.17. The van der Waals surface area contributed by atoms with Gasteiger partial charge >= 0.3 is 0 Å². The van der Waals surface area contributed by atoms with Crippen LogP contribution >= 0.6 is 11.8 Å². The van der Waals surface area contributed by atoms with Gasteiger partial charge in [0.1, 0.15) is 12.1 Å². The van der Waals surface area contributed by atoms with E-state index in [-0.39, 0.29) is 5.91 Å². The van der Waals surface area contributed by atoms with Crippen LogP contribution < -0.4 is 10.6 Å². The molecule has 0 fully saturated rings. The van der Waals surface area contributed by atoms with Crippen LogP contribution in [0.5, 0.6) is 0 Å². The smallest absolute Gasteiger partial charge is 0.242 e. The van der Waals surface area contributed by atoms with Crippen molar-refractivity contribution in [3.8, 4) is 6.07 Å². The highest BCUT2D eigenvalue weighted by Gasteiger charge is 2.15. The van der Waals surface area contributed by atoms with Gasteiger partial charge in [0.15, 0.2) is 0 Å². The third kappa shape index (κ3) is 4.44. The lowest BCUT2D eigenvalue weighted by Crippen LogP contribution is -2.39. The molecule has 0 aliphatic carbocycles. The van der Waals surface area contributed by atoms with E-state index in [0.717, 1.165) is 4.90 Å². The van der Waals surface area contributed by atoms with E-state index in [9.17, 15) is 10.1 Å². The van der Waals surface area contributed by atoms with Crippen molar-refractivity contribution in [1.82, 2.24) is 5.32 Å². The molecule has 1 aromatic carbocycles. The van der Waals surface area contributed by atoms with E-state index in [0.29, 0.717) is 24.4 Å². The van der Waals surface area contributed by atoms with Crippen molar-refractivity contribution < 1.29 is 9.53 Å². The number of benzene rings is 1. The van der Waals surface area contributed by atoms with E-state index in [4.69, 9.17) is 4.74 Å². The number of ether oxygens (including phenoxy) is 1. The van der Waals surface area contributed by atoms with Gasteiger partial charge in [-0.25, -0.2) is 0 Å². The molecule has 108 valence electrons. The Morgan fingerprint density at radius 3 is 2.90 bits per heavy atom. The number of methoxy groups -OCH3 is 1. The first-order chi connectivity index (χ1) is 9.63. The fraction of sp³-hybridized carbons (Fsp3) is 0.429. The molecule has 1 amide bonds. The molecule has 2 N–H and O–H groups in total. The minimum Gasteiger partial charge on any atom is -0.383 e. The molecule has 1 rings (SSSR count). The second-order valence-electron chi connectivity index (χ2n) is 4.14. The normalized spacial score (nSPS) is 11.5. The largest absolute Gasteiger partial charge is 0.383 e. The predicted molar refractivity (Wildman–Crippen MR) is 80.9 cm³/mol. The Morgan fingerprint density at radius 2 is 2.30 bits per heavy atom. The van der Waals surface area contributed by atoms with E-state index < -0.39 is 6.04 Å². The van der Waals surface area contributed by atoms with Gasteiger partial charge < -0.3 is 15.4 Å². The van der Waals surface area contributed by atoms with Gasteiger partial charge in [0.2, 0.25) is 5.91 Å². The Balaban J connectivity index is 2.73. The Hall–Kier alpha value is -1.71. The Kier molecular flexibility index (Phi) is 6.91. The minimum absolute atomic E-state index is 0.125. The molecule has 0 aromatic heterocycles. The molecule has 5 nitrogen and oxygen atoms in total. The molecule has 1 atom stereocenters. The number of hydrogen-bond donors (Lipinski definition) is 2. The number of nitrogens with one attached hydrogen (secondary N) is 2. The number of thioether (sulfide) groups is 1. The SMILES string of the molecule is COCCNC(=O)C(C)Nc1cccc(SC)c1C#N. The van der Waals surface area contributed by atoms with Gasteiger partial charge in [0.25, 0.3) is 0 Å². The van der Waals surface area contributed by atoms with Crippen LogP contribution in [0.1, 0.15) is 12.5 Å². The fourth-order valence-corrected chi connectivity index (χ4v) is 2.24. The van der Waals surface area contributed by atoms with Crippen molar-refractivity contribution >= 4 is 23.4 Å². The van der Waals surface area contributed by atoms with Crippen molar-refractivity contribution in [2.45, 2.75) is 17.9 Å². The molecule has 0 aliphatic heterocycles. The zero-order valence-electron chi connectivity index (χ0n) is 11.9. The van der Waals surface area contributed by atoms with Crippen LogP contribution in [0.25, 0.3) is 0 Å². The van der Waals surface area contributed by atoms with E-state index in [1.165, 1.54) is 11.8 Å². The summed E-state index contributed by atoms with van der Waals surface area (Å²) in [5.41, 5.74) is 1.24. The maximum absolute atomic E-state index is 11.9. The Bertz CT molecular complexity index is 500. The van der Waals surface area contributed by atoms with Crippen LogP contribution in [0, 0.1) is 11.3 Å². The number of amides is 1. The molecule has 0 spiro atoms. The summed E-state index contributed by atoms with van der Waals surface area (Å²) in [6, 6.07) is 7.31. The molecule has 6 heteroatoms. The summed E-state index contributed by atoms with van der Waals surface area (Å²) in [7, 11) is 1.58. The first kappa shape index (κ1) is 16.3. The third-order valence-corrected chi connectivity index (χ3v) is 3.51. The van der Waals surface area contributed by atoms with Crippen molar-refractivity contribution in [2.24, 2.45) is 0 Å². The van der Waals surface area contributed by atoms with Crippen LogP contribution in [-0.4, -0.2) is 38.5 Å². The monoisotopic (exact) mass is 293 g/mol. The molecule has 0 saturated heterocycles. The van der Waals surface area contributed by atoms with Crippen molar-refractivity contribution in [2.75, 3.05) is 31.8 Å². The first-order valence-corrected chi connectivity index (χ1v) is 7.46. The lowest BCUT2D eigenvalue weighted by atomic mass is 10.1. The van der Waals surface area contributed by atoms with Crippen LogP contribution in [0.3, 0.4) is 0 Å². The molecule has 0 bridgehead atoms. The number of hydrogen-bond acceptors (Lipinski definition) is 5. The van der Waals surface area contributed by atoms with Crippen LogP contribution in [0.15, 0.2) is 23.1 Å². The Morgan fingerprint density at radius 1 is 1.55 bits per heavy atom. The number of rotatable bonds is 7. The van der Waals surface area contributed by atoms with Gasteiger partial charge in [-0.1, -0.05) is 6.07 Å². The van der Waals surface area contributed by atoms with Gasteiger partial charge in [0, 0.05) is 18.6 Å². The summed E-state index contributed by atoms with van der Waals surface area (Å²) >= 11 is 1.51. The van der Waals surface area contributed by atoms with Gasteiger partial charge in [-0.3, -0.25) is 4.79 Å². The summed E-state index contributed by atoms with van der Waals surface area (Å²) in [4.78, 5) is 12.8. The average Bonchev–Trinajstić information content (AvgIpc) is 2.46. The fourth-order valence-electron chi connectivity index (χ4n) is 1.67.